The van der Waals surface area contributed by atoms with Crippen molar-refractivity contribution < 1.29 is 24.0 Å². The van der Waals surface area contributed by atoms with E-state index < -0.39 is 0 Å². The topological polar surface area (TPSA) is 46.2 Å². The lowest BCUT2D eigenvalue weighted by Crippen LogP contribution is -2.32. The Labute approximate surface area is 281 Å². The van der Waals surface area contributed by atoms with E-state index in [0.717, 1.165) is 70.4 Å². The predicted molar refractivity (Wildman–Crippen MR) is 189 cm³/mol. The van der Waals surface area contributed by atoms with Crippen LogP contribution in [0.3, 0.4) is 0 Å². The van der Waals surface area contributed by atoms with Crippen LogP contribution in [0.15, 0.2) is 48.5 Å². The highest BCUT2D eigenvalue weighted by molar-refractivity contribution is 5.64. The second-order valence-electron chi connectivity index (χ2n) is 14.1. The van der Waals surface area contributed by atoms with Crippen LogP contribution >= 0.6 is 0 Å². The third kappa shape index (κ3) is 14.9. The maximum Gasteiger partial charge on any atom is 0.157 e. The fraction of sp³-hybridized carbons (Fsp3) is 0.707. The van der Waals surface area contributed by atoms with Gasteiger partial charge in [0, 0.05) is 5.92 Å². The van der Waals surface area contributed by atoms with Crippen LogP contribution in [0.2, 0.25) is 0 Å². The molecule has 5 heteroatoms. The van der Waals surface area contributed by atoms with Crippen LogP contribution in [-0.4, -0.2) is 39.3 Å². The molecule has 258 valence electrons. The zero-order valence-electron chi connectivity index (χ0n) is 29.2. The molecule has 2 aromatic rings. The summed E-state index contributed by atoms with van der Waals surface area (Å²) in [5.41, 5.74) is 3.76. The minimum Gasteiger partial charge on any atom is -0.494 e. The third-order valence-corrected chi connectivity index (χ3v) is 10.0. The van der Waals surface area contributed by atoms with Crippen LogP contribution < -0.4 is 4.74 Å². The highest BCUT2D eigenvalue weighted by Crippen LogP contribution is 2.33. The molecule has 1 saturated carbocycles. The minimum absolute atomic E-state index is 0.00472. The van der Waals surface area contributed by atoms with Crippen LogP contribution in [-0.2, 0) is 19.2 Å². The first-order chi connectivity index (χ1) is 22.7. The van der Waals surface area contributed by atoms with E-state index >= 15 is 0 Å². The van der Waals surface area contributed by atoms with Crippen molar-refractivity contribution in [2.24, 2.45) is 17.8 Å². The van der Waals surface area contributed by atoms with Crippen LogP contribution in [0, 0.1) is 24.7 Å². The molecule has 0 atom stereocenters. The van der Waals surface area contributed by atoms with Gasteiger partial charge in [0.05, 0.1) is 33.0 Å². The first kappa shape index (κ1) is 36.9. The SMILES string of the molecule is CCCCCCCOOCC1CCC(CCCCC2COC(CCCCCCOc3ccc(-c4ccc(C)cc4)cc3)OC2)CC1. The Bertz CT molecular complexity index is 1010. The maximum atomic E-state index is 6.08. The Balaban J connectivity index is 0.912. The van der Waals surface area contributed by atoms with Gasteiger partial charge in [-0.25, -0.2) is 9.78 Å². The van der Waals surface area contributed by atoms with Gasteiger partial charge in [-0.1, -0.05) is 120 Å². The Kier molecular flexibility index (Phi) is 18.1. The van der Waals surface area contributed by atoms with Gasteiger partial charge in [0.2, 0.25) is 0 Å². The number of aryl methyl sites for hydroxylation is 1. The minimum atomic E-state index is -0.00472. The van der Waals surface area contributed by atoms with Crippen molar-refractivity contribution >= 4 is 0 Å². The molecule has 0 bridgehead atoms. The Morgan fingerprint density at radius 2 is 1.13 bits per heavy atom. The van der Waals surface area contributed by atoms with Gasteiger partial charge in [0.15, 0.2) is 6.29 Å². The molecule has 1 saturated heterocycles. The molecule has 0 N–H and O–H groups in total. The van der Waals surface area contributed by atoms with Gasteiger partial charge in [0.1, 0.15) is 5.75 Å². The molecule has 1 heterocycles. The number of hydrogen-bond acceptors (Lipinski definition) is 5. The summed E-state index contributed by atoms with van der Waals surface area (Å²) in [6.07, 6.45) is 22.5. The predicted octanol–water partition coefficient (Wildman–Crippen LogP) is 11.3. The van der Waals surface area contributed by atoms with Gasteiger partial charge in [0.25, 0.3) is 0 Å². The van der Waals surface area contributed by atoms with Crippen molar-refractivity contribution in [1.29, 1.82) is 0 Å². The van der Waals surface area contributed by atoms with Crippen molar-refractivity contribution in [2.75, 3.05) is 33.0 Å². The van der Waals surface area contributed by atoms with E-state index in [4.69, 9.17) is 24.0 Å². The van der Waals surface area contributed by atoms with E-state index in [9.17, 15) is 0 Å². The fourth-order valence-electron chi connectivity index (χ4n) is 6.88. The molecule has 1 aliphatic heterocycles. The molecular formula is C41H64O5. The fourth-order valence-corrected chi connectivity index (χ4v) is 6.88. The zero-order valence-corrected chi connectivity index (χ0v) is 29.2. The summed E-state index contributed by atoms with van der Waals surface area (Å²) in [6, 6.07) is 17.1. The molecule has 0 unspecified atom stereocenters. The van der Waals surface area contributed by atoms with Crippen LogP contribution in [0.4, 0.5) is 0 Å². The summed E-state index contributed by atoms with van der Waals surface area (Å²) >= 11 is 0. The lowest BCUT2D eigenvalue weighted by atomic mass is 9.80. The van der Waals surface area contributed by atoms with Crippen molar-refractivity contribution in [3.05, 3.63) is 54.1 Å². The molecule has 2 fully saturated rings. The van der Waals surface area contributed by atoms with Crippen molar-refractivity contribution in [3.63, 3.8) is 0 Å². The summed E-state index contributed by atoms with van der Waals surface area (Å²) in [4.78, 5) is 11.0. The second-order valence-corrected chi connectivity index (χ2v) is 14.1. The first-order valence-corrected chi connectivity index (χ1v) is 19.0. The number of benzene rings is 2. The number of unbranched alkanes of at least 4 members (excludes halogenated alkanes) is 8. The molecule has 46 heavy (non-hydrogen) atoms. The van der Waals surface area contributed by atoms with E-state index in [2.05, 4.69) is 62.4 Å². The molecule has 0 radical (unpaired) electrons. The summed E-state index contributed by atoms with van der Waals surface area (Å²) < 4.78 is 18.1. The van der Waals surface area contributed by atoms with Crippen LogP contribution in [0.5, 0.6) is 5.75 Å². The van der Waals surface area contributed by atoms with Crippen LogP contribution in [0.25, 0.3) is 11.1 Å². The summed E-state index contributed by atoms with van der Waals surface area (Å²) in [5.74, 6) is 3.11. The van der Waals surface area contributed by atoms with E-state index in [1.54, 1.807) is 0 Å². The molecule has 2 aromatic carbocycles. The van der Waals surface area contributed by atoms with Gasteiger partial charge in [-0.3, -0.25) is 0 Å². The van der Waals surface area contributed by atoms with E-state index in [0.29, 0.717) is 11.8 Å². The number of hydrogen-bond donors (Lipinski definition) is 0. The molecule has 1 aliphatic carbocycles. The summed E-state index contributed by atoms with van der Waals surface area (Å²) in [7, 11) is 0. The van der Waals surface area contributed by atoms with Gasteiger partial charge < -0.3 is 14.2 Å². The molecule has 5 nitrogen and oxygen atoms in total. The zero-order chi connectivity index (χ0) is 32.1. The highest BCUT2D eigenvalue weighted by atomic mass is 17.2. The van der Waals surface area contributed by atoms with E-state index in [1.807, 2.05) is 0 Å². The third-order valence-electron chi connectivity index (χ3n) is 10.0. The molecule has 0 aromatic heterocycles. The van der Waals surface area contributed by atoms with Gasteiger partial charge >= 0.3 is 0 Å². The standard InChI is InChI=1S/C41H64O5/c1-3-4-5-7-13-30-45-46-33-36-21-19-35(20-22-36)14-10-11-15-37-31-43-41(44-32-37)16-9-6-8-12-29-42-40-27-25-39(26-28-40)38-23-17-34(2)18-24-38/h17-18,23-28,35-37,41H,3-16,19-22,29-33H2,1-2H3. The Hall–Kier alpha value is -1.92. The van der Waals surface area contributed by atoms with E-state index in [-0.39, 0.29) is 6.29 Å². The molecule has 4 rings (SSSR count). The quantitative estimate of drug-likeness (QED) is 0.0690. The monoisotopic (exact) mass is 636 g/mol. The van der Waals surface area contributed by atoms with Crippen molar-refractivity contribution in [2.45, 2.75) is 136 Å². The number of ether oxygens (including phenoxy) is 3. The average molecular weight is 637 g/mol. The smallest absolute Gasteiger partial charge is 0.157 e. The number of rotatable bonds is 23. The van der Waals surface area contributed by atoms with Gasteiger partial charge in [-0.2, -0.15) is 0 Å². The maximum absolute atomic E-state index is 6.08. The second kappa shape index (κ2) is 22.6. The summed E-state index contributed by atoms with van der Waals surface area (Å²) in [6.45, 7) is 8.41. The Morgan fingerprint density at radius 1 is 0.565 bits per heavy atom. The normalized spacial score (nSPS) is 21.8. The molecule has 0 amide bonds. The van der Waals surface area contributed by atoms with Gasteiger partial charge in [-0.05, 0) is 87.0 Å². The lowest BCUT2D eigenvalue weighted by Gasteiger charge is -2.30. The highest BCUT2D eigenvalue weighted by Gasteiger charge is 2.23. The molecular weight excluding hydrogens is 572 g/mol. The molecule has 0 spiro atoms. The summed E-state index contributed by atoms with van der Waals surface area (Å²) in [5, 5.41) is 0. The van der Waals surface area contributed by atoms with Crippen molar-refractivity contribution in [3.8, 4) is 16.9 Å². The van der Waals surface area contributed by atoms with Crippen molar-refractivity contribution in [1.82, 2.24) is 0 Å². The molecule has 2 aliphatic rings. The lowest BCUT2D eigenvalue weighted by molar-refractivity contribution is -0.302. The Morgan fingerprint density at radius 3 is 1.83 bits per heavy atom. The average Bonchev–Trinajstić information content (AvgIpc) is 3.09. The van der Waals surface area contributed by atoms with Gasteiger partial charge in [-0.15, -0.1) is 0 Å². The van der Waals surface area contributed by atoms with Crippen LogP contribution in [0.1, 0.15) is 128 Å². The first-order valence-electron chi connectivity index (χ1n) is 19.0. The van der Waals surface area contributed by atoms with E-state index in [1.165, 1.54) is 107 Å². The largest absolute Gasteiger partial charge is 0.494 e.